The minimum absolute atomic E-state index is 0.00537. The molecule has 0 unspecified atom stereocenters. The summed E-state index contributed by atoms with van der Waals surface area (Å²) in [5, 5.41) is 8.47. The van der Waals surface area contributed by atoms with Crippen LogP contribution in [-0.4, -0.2) is 18.5 Å². The Kier molecular flexibility index (Phi) is 4.31. The summed E-state index contributed by atoms with van der Waals surface area (Å²) < 4.78 is 57.5. The van der Waals surface area contributed by atoms with Gasteiger partial charge in [-0.25, -0.2) is 9.37 Å². The van der Waals surface area contributed by atoms with E-state index in [9.17, 15) is 17.6 Å². The number of rotatable bonds is 4. The molecule has 0 spiro atoms. The van der Waals surface area contributed by atoms with Crippen LogP contribution in [0.4, 0.5) is 17.6 Å². The van der Waals surface area contributed by atoms with E-state index in [0.717, 1.165) is 13.2 Å². The van der Waals surface area contributed by atoms with Gasteiger partial charge in [0.15, 0.2) is 0 Å². The zero-order valence-corrected chi connectivity index (χ0v) is 9.21. The van der Waals surface area contributed by atoms with Crippen molar-refractivity contribution in [1.82, 2.24) is 4.98 Å². The van der Waals surface area contributed by atoms with Gasteiger partial charge in [-0.05, 0) is 0 Å². The zero-order chi connectivity index (χ0) is 13.8. The lowest BCUT2D eigenvalue weighted by atomic mass is 10.2. The summed E-state index contributed by atoms with van der Waals surface area (Å²) in [5.41, 5.74) is -0.442. The lowest BCUT2D eigenvalue weighted by Crippen LogP contribution is -2.18. The molecule has 1 aromatic heterocycles. The number of ether oxygens (including phenoxy) is 2. The molecule has 8 heteroatoms. The first-order valence-electron chi connectivity index (χ1n) is 4.66. The predicted molar refractivity (Wildman–Crippen MR) is 51.6 cm³/mol. The van der Waals surface area contributed by atoms with E-state index in [0.29, 0.717) is 0 Å². The van der Waals surface area contributed by atoms with Crippen molar-refractivity contribution in [3.63, 3.8) is 0 Å². The highest BCUT2D eigenvalue weighted by Gasteiger charge is 2.33. The van der Waals surface area contributed by atoms with E-state index in [4.69, 9.17) is 5.26 Å². The van der Waals surface area contributed by atoms with Crippen LogP contribution in [-0.2, 0) is 13.1 Å². The Morgan fingerprint density at radius 3 is 2.56 bits per heavy atom. The Morgan fingerprint density at radius 1 is 1.44 bits per heavy atom. The standard InChI is InChI=1S/C10H8F4N2O2/c1-17-9-7(5-11)8(18-10(12,13)14)4-6(16-9)2-3-15/h4H,2,5H2,1H3. The van der Waals surface area contributed by atoms with Crippen molar-refractivity contribution in [1.29, 1.82) is 5.26 Å². The fourth-order valence-corrected chi connectivity index (χ4v) is 1.25. The van der Waals surface area contributed by atoms with Crippen molar-refractivity contribution in [3.05, 3.63) is 17.3 Å². The van der Waals surface area contributed by atoms with Crippen molar-refractivity contribution in [2.24, 2.45) is 0 Å². The number of nitriles is 1. The third-order valence-electron chi connectivity index (χ3n) is 1.91. The Bertz CT molecular complexity index is 468. The van der Waals surface area contributed by atoms with Crippen LogP contribution in [0.25, 0.3) is 0 Å². The second-order valence-electron chi connectivity index (χ2n) is 3.12. The molecule has 0 aromatic carbocycles. The predicted octanol–water partition coefficient (Wildman–Crippen LogP) is 2.52. The van der Waals surface area contributed by atoms with Crippen LogP contribution in [0, 0.1) is 11.3 Å². The molecule has 0 fully saturated rings. The lowest BCUT2D eigenvalue weighted by Gasteiger charge is -2.14. The molecule has 1 aromatic rings. The summed E-state index contributed by atoms with van der Waals surface area (Å²) in [6.07, 6.45) is -5.20. The first-order valence-corrected chi connectivity index (χ1v) is 4.66. The molecule has 0 atom stereocenters. The molecule has 0 amide bonds. The zero-order valence-electron chi connectivity index (χ0n) is 9.21. The van der Waals surface area contributed by atoms with Gasteiger partial charge in [-0.1, -0.05) is 0 Å². The summed E-state index contributed by atoms with van der Waals surface area (Å²) in [6.45, 7) is -1.23. The number of methoxy groups -OCH3 is 1. The van der Waals surface area contributed by atoms with E-state index in [1.807, 2.05) is 0 Å². The van der Waals surface area contributed by atoms with Crippen molar-refractivity contribution >= 4 is 0 Å². The van der Waals surface area contributed by atoms with E-state index in [-0.39, 0.29) is 18.0 Å². The van der Waals surface area contributed by atoms with E-state index >= 15 is 0 Å². The number of nitrogens with zero attached hydrogens (tertiary/aromatic N) is 2. The van der Waals surface area contributed by atoms with Crippen molar-refractivity contribution in [2.45, 2.75) is 19.5 Å². The second kappa shape index (κ2) is 5.53. The minimum Gasteiger partial charge on any atom is -0.481 e. The monoisotopic (exact) mass is 264 g/mol. The topological polar surface area (TPSA) is 55.1 Å². The maximum Gasteiger partial charge on any atom is 0.573 e. The third kappa shape index (κ3) is 3.48. The molecule has 0 saturated carbocycles. The minimum atomic E-state index is -4.96. The van der Waals surface area contributed by atoms with Crippen LogP contribution in [0.3, 0.4) is 0 Å². The van der Waals surface area contributed by atoms with Gasteiger partial charge in [0.1, 0.15) is 12.4 Å². The Morgan fingerprint density at radius 2 is 2.11 bits per heavy atom. The first-order chi connectivity index (χ1) is 8.41. The molecule has 4 nitrogen and oxygen atoms in total. The van der Waals surface area contributed by atoms with Gasteiger partial charge in [0, 0.05) is 6.07 Å². The van der Waals surface area contributed by atoms with Gasteiger partial charge in [0.2, 0.25) is 5.88 Å². The molecular formula is C10H8F4N2O2. The van der Waals surface area contributed by atoms with E-state index in [2.05, 4.69) is 14.5 Å². The number of alkyl halides is 4. The molecule has 0 aliphatic heterocycles. The normalized spacial score (nSPS) is 10.9. The summed E-state index contributed by atoms with van der Waals surface area (Å²) in [4.78, 5) is 3.71. The smallest absolute Gasteiger partial charge is 0.481 e. The first kappa shape index (κ1) is 14.0. The SMILES string of the molecule is COc1nc(CC#N)cc(OC(F)(F)F)c1CF. The summed E-state index contributed by atoms with van der Waals surface area (Å²) in [6, 6.07) is 2.58. The quantitative estimate of drug-likeness (QED) is 0.784. The number of halogens is 4. The Hall–Kier alpha value is -2.04. The third-order valence-corrected chi connectivity index (χ3v) is 1.91. The number of aromatic nitrogens is 1. The van der Waals surface area contributed by atoms with Gasteiger partial charge >= 0.3 is 6.36 Å². The van der Waals surface area contributed by atoms with Gasteiger partial charge in [-0.3, -0.25) is 0 Å². The summed E-state index contributed by atoms with van der Waals surface area (Å²) in [7, 11) is 1.13. The molecule has 0 aliphatic rings. The van der Waals surface area contributed by atoms with E-state index < -0.39 is 24.3 Å². The van der Waals surface area contributed by atoms with Gasteiger partial charge in [0.25, 0.3) is 0 Å². The molecule has 0 aliphatic carbocycles. The van der Waals surface area contributed by atoms with Crippen LogP contribution < -0.4 is 9.47 Å². The highest BCUT2D eigenvalue weighted by atomic mass is 19.4. The van der Waals surface area contributed by atoms with Crippen LogP contribution in [0.15, 0.2) is 6.07 Å². The Labute approximate surface area is 99.8 Å². The van der Waals surface area contributed by atoms with Gasteiger partial charge < -0.3 is 9.47 Å². The van der Waals surface area contributed by atoms with Crippen LogP contribution >= 0.6 is 0 Å². The maximum atomic E-state index is 12.7. The number of pyridine rings is 1. The van der Waals surface area contributed by atoms with Crippen molar-refractivity contribution < 1.29 is 27.0 Å². The molecule has 0 N–H and O–H groups in total. The van der Waals surface area contributed by atoms with Gasteiger partial charge in [-0.2, -0.15) is 5.26 Å². The van der Waals surface area contributed by atoms with E-state index in [1.54, 1.807) is 6.07 Å². The lowest BCUT2D eigenvalue weighted by molar-refractivity contribution is -0.275. The highest BCUT2D eigenvalue weighted by Crippen LogP contribution is 2.33. The van der Waals surface area contributed by atoms with E-state index in [1.165, 1.54) is 0 Å². The molecule has 98 valence electrons. The number of hydrogen-bond acceptors (Lipinski definition) is 4. The largest absolute Gasteiger partial charge is 0.573 e. The fraction of sp³-hybridized carbons (Fsp3) is 0.400. The fourth-order valence-electron chi connectivity index (χ4n) is 1.25. The number of hydrogen-bond donors (Lipinski definition) is 0. The van der Waals surface area contributed by atoms with Crippen LogP contribution in [0.2, 0.25) is 0 Å². The highest BCUT2D eigenvalue weighted by molar-refractivity contribution is 5.42. The second-order valence-corrected chi connectivity index (χ2v) is 3.12. The van der Waals surface area contributed by atoms with Gasteiger partial charge in [0.05, 0.1) is 30.9 Å². The van der Waals surface area contributed by atoms with Crippen molar-refractivity contribution in [2.75, 3.05) is 7.11 Å². The van der Waals surface area contributed by atoms with Crippen LogP contribution in [0.5, 0.6) is 11.6 Å². The van der Waals surface area contributed by atoms with Crippen molar-refractivity contribution in [3.8, 4) is 17.7 Å². The van der Waals surface area contributed by atoms with Crippen LogP contribution in [0.1, 0.15) is 11.3 Å². The molecule has 1 heterocycles. The maximum absolute atomic E-state index is 12.7. The molecule has 0 radical (unpaired) electrons. The average Bonchev–Trinajstić information content (AvgIpc) is 2.26. The molecule has 18 heavy (non-hydrogen) atoms. The molecule has 1 rings (SSSR count). The summed E-state index contributed by atoms with van der Waals surface area (Å²) in [5.74, 6) is -1.08. The Balaban J connectivity index is 3.27. The molecule has 0 bridgehead atoms. The average molecular weight is 264 g/mol. The molecular weight excluding hydrogens is 256 g/mol. The summed E-state index contributed by atoms with van der Waals surface area (Å²) >= 11 is 0. The molecule has 0 saturated heterocycles. The van der Waals surface area contributed by atoms with Gasteiger partial charge in [-0.15, -0.1) is 13.2 Å².